The third kappa shape index (κ3) is 4.53. The third-order valence-corrected chi connectivity index (χ3v) is 3.62. The van der Waals surface area contributed by atoms with E-state index in [0.29, 0.717) is 21.5 Å². The minimum Gasteiger partial charge on any atom is -0.480 e. The minimum atomic E-state index is -0.799. The molecule has 0 heterocycles. The van der Waals surface area contributed by atoms with E-state index < -0.39 is 17.8 Å². The highest BCUT2D eigenvalue weighted by Gasteiger charge is 2.16. The molecule has 0 aromatic heterocycles. The second kappa shape index (κ2) is 7.23. The number of hydrogen-bond donors (Lipinski definition) is 2. The van der Waals surface area contributed by atoms with Crippen molar-refractivity contribution in [3.05, 3.63) is 58.3 Å². The topological polar surface area (TPSA) is 81.4 Å². The van der Waals surface area contributed by atoms with Crippen LogP contribution >= 0.6 is 15.9 Å². The van der Waals surface area contributed by atoms with Gasteiger partial charge >= 0.3 is 0 Å². The summed E-state index contributed by atoms with van der Waals surface area (Å²) in [5.41, 5.74) is 6.00. The van der Waals surface area contributed by atoms with E-state index in [4.69, 9.17) is 10.5 Å². The lowest BCUT2D eigenvalue weighted by molar-refractivity contribution is -0.122. The van der Waals surface area contributed by atoms with Gasteiger partial charge in [-0.3, -0.25) is 9.59 Å². The van der Waals surface area contributed by atoms with Crippen molar-refractivity contribution in [3.8, 4) is 5.75 Å². The van der Waals surface area contributed by atoms with Crippen molar-refractivity contribution in [1.29, 1.82) is 0 Å². The van der Waals surface area contributed by atoms with E-state index >= 15 is 0 Å². The van der Waals surface area contributed by atoms with E-state index in [1.807, 2.05) is 0 Å². The quantitative estimate of drug-likeness (QED) is 0.835. The molecule has 0 aliphatic heterocycles. The number of benzene rings is 2. The summed E-state index contributed by atoms with van der Waals surface area (Å²) in [7, 11) is 0. The summed E-state index contributed by atoms with van der Waals surface area (Å²) >= 11 is 3.17. The normalized spacial score (nSPS) is 11.6. The van der Waals surface area contributed by atoms with Crippen molar-refractivity contribution in [1.82, 2.24) is 0 Å². The van der Waals surface area contributed by atoms with Crippen LogP contribution in [0.4, 0.5) is 10.1 Å². The Morgan fingerprint density at radius 2 is 1.87 bits per heavy atom. The molecule has 0 bridgehead atoms. The summed E-state index contributed by atoms with van der Waals surface area (Å²) in [4.78, 5) is 23.1. The molecule has 2 aromatic carbocycles. The summed E-state index contributed by atoms with van der Waals surface area (Å²) in [6.07, 6.45) is -0.799. The smallest absolute Gasteiger partial charge is 0.265 e. The van der Waals surface area contributed by atoms with Crippen molar-refractivity contribution in [2.45, 2.75) is 13.0 Å². The molecule has 0 aliphatic rings. The van der Waals surface area contributed by atoms with Crippen molar-refractivity contribution in [2.24, 2.45) is 5.73 Å². The Bertz CT molecular complexity index is 735. The van der Waals surface area contributed by atoms with Crippen molar-refractivity contribution >= 4 is 33.4 Å². The Labute approximate surface area is 140 Å². The SMILES string of the molecule is CC(Oc1ccc(F)cc1Br)C(=O)Nc1ccc(C(N)=O)cc1. The van der Waals surface area contributed by atoms with Crippen LogP contribution in [-0.4, -0.2) is 17.9 Å². The fourth-order valence-corrected chi connectivity index (χ4v) is 2.22. The molecule has 1 atom stereocenters. The predicted molar refractivity (Wildman–Crippen MR) is 87.8 cm³/mol. The Morgan fingerprint density at radius 1 is 1.22 bits per heavy atom. The molecule has 0 spiro atoms. The lowest BCUT2D eigenvalue weighted by Crippen LogP contribution is -2.30. The largest absolute Gasteiger partial charge is 0.480 e. The van der Waals surface area contributed by atoms with Crippen LogP contribution in [0.25, 0.3) is 0 Å². The Kier molecular flexibility index (Phi) is 5.33. The predicted octanol–water partition coefficient (Wildman–Crippen LogP) is 3.09. The standard InChI is InChI=1S/C16H14BrFN2O3/c1-9(23-14-7-4-11(18)8-13(14)17)16(22)20-12-5-2-10(3-6-12)15(19)21/h2-9H,1H3,(H2,19,21)(H,20,22). The highest BCUT2D eigenvalue weighted by molar-refractivity contribution is 9.10. The Morgan fingerprint density at radius 3 is 2.43 bits per heavy atom. The number of rotatable bonds is 5. The number of nitrogens with two attached hydrogens (primary N) is 1. The molecule has 0 fully saturated rings. The summed E-state index contributed by atoms with van der Waals surface area (Å²) < 4.78 is 18.9. The van der Waals surface area contributed by atoms with Gasteiger partial charge in [-0.1, -0.05) is 0 Å². The summed E-state index contributed by atoms with van der Waals surface area (Å²) in [5, 5.41) is 2.65. The number of hydrogen-bond acceptors (Lipinski definition) is 3. The average Bonchev–Trinajstić information content (AvgIpc) is 2.50. The number of carbonyl (C=O) groups is 2. The van der Waals surface area contributed by atoms with Gasteiger partial charge in [-0.15, -0.1) is 0 Å². The zero-order valence-electron chi connectivity index (χ0n) is 12.2. The van der Waals surface area contributed by atoms with Crippen molar-refractivity contribution in [2.75, 3.05) is 5.32 Å². The average molecular weight is 381 g/mol. The second-order valence-corrected chi connectivity index (χ2v) is 5.62. The maximum Gasteiger partial charge on any atom is 0.265 e. The Balaban J connectivity index is 2.00. The van der Waals surface area contributed by atoms with Crippen LogP contribution in [-0.2, 0) is 4.79 Å². The van der Waals surface area contributed by atoms with Gasteiger partial charge in [-0.2, -0.15) is 0 Å². The van der Waals surface area contributed by atoms with Crippen LogP contribution in [0.2, 0.25) is 0 Å². The van der Waals surface area contributed by atoms with Gasteiger partial charge < -0.3 is 15.8 Å². The van der Waals surface area contributed by atoms with Crippen LogP contribution in [0, 0.1) is 5.82 Å². The molecule has 5 nitrogen and oxygen atoms in total. The molecule has 0 saturated carbocycles. The number of primary amides is 1. The van der Waals surface area contributed by atoms with Crippen LogP contribution < -0.4 is 15.8 Å². The van der Waals surface area contributed by atoms with Crippen LogP contribution in [0.1, 0.15) is 17.3 Å². The second-order valence-electron chi connectivity index (χ2n) is 4.77. The van der Waals surface area contributed by atoms with Crippen molar-refractivity contribution in [3.63, 3.8) is 0 Å². The maximum absolute atomic E-state index is 13.0. The van der Waals surface area contributed by atoms with Gasteiger partial charge in [0.15, 0.2) is 6.10 Å². The number of amides is 2. The summed E-state index contributed by atoms with van der Waals surface area (Å²) in [6, 6.07) is 10.1. The van der Waals surface area contributed by atoms with E-state index in [1.54, 1.807) is 19.1 Å². The summed E-state index contributed by atoms with van der Waals surface area (Å²) in [5.74, 6) is -0.970. The molecule has 0 radical (unpaired) electrons. The van der Waals surface area contributed by atoms with Gasteiger partial charge in [0, 0.05) is 11.3 Å². The van der Waals surface area contributed by atoms with E-state index in [1.165, 1.54) is 30.3 Å². The number of carbonyl (C=O) groups excluding carboxylic acids is 2. The first kappa shape index (κ1) is 17.0. The zero-order chi connectivity index (χ0) is 17.0. The molecule has 0 saturated heterocycles. The monoisotopic (exact) mass is 380 g/mol. The fourth-order valence-electron chi connectivity index (χ4n) is 1.78. The lowest BCUT2D eigenvalue weighted by atomic mass is 10.2. The molecule has 2 rings (SSSR count). The molecular formula is C16H14BrFN2O3. The number of anilines is 1. The summed E-state index contributed by atoms with van der Waals surface area (Å²) in [6.45, 7) is 1.57. The zero-order valence-corrected chi connectivity index (χ0v) is 13.8. The van der Waals surface area contributed by atoms with Crippen LogP contribution in [0.15, 0.2) is 46.9 Å². The molecule has 0 aliphatic carbocycles. The highest BCUT2D eigenvalue weighted by atomic mass is 79.9. The van der Waals surface area contributed by atoms with Gasteiger partial charge in [0.1, 0.15) is 11.6 Å². The van der Waals surface area contributed by atoms with Crippen LogP contribution in [0.5, 0.6) is 5.75 Å². The van der Waals surface area contributed by atoms with Gasteiger partial charge in [-0.05, 0) is 65.3 Å². The van der Waals surface area contributed by atoms with Crippen LogP contribution in [0.3, 0.4) is 0 Å². The molecule has 23 heavy (non-hydrogen) atoms. The first-order valence-electron chi connectivity index (χ1n) is 6.69. The first-order chi connectivity index (χ1) is 10.9. The number of ether oxygens (including phenoxy) is 1. The fraction of sp³-hybridized carbons (Fsp3) is 0.125. The van der Waals surface area contributed by atoms with E-state index in [-0.39, 0.29) is 5.91 Å². The number of halogens is 2. The van der Waals surface area contributed by atoms with E-state index in [0.717, 1.165) is 0 Å². The third-order valence-electron chi connectivity index (χ3n) is 3.00. The molecule has 3 N–H and O–H groups in total. The minimum absolute atomic E-state index is 0.350. The molecule has 2 aromatic rings. The van der Waals surface area contributed by atoms with E-state index in [9.17, 15) is 14.0 Å². The molecule has 7 heteroatoms. The maximum atomic E-state index is 13.0. The van der Waals surface area contributed by atoms with Gasteiger partial charge in [0.25, 0.3) is 5.91 Å². The highest BCUT2D eigenvalue weighted by Crippen LogP contribution is 2.26. The van der Waals surface area contributed by atoms with Crippen molar-refractivity contribution < 1.29 is 18.7 Å². The van der Waals surface area contributed by atoms with Gasteiger partial charge in [0.2, 0.25) is 5.91 Å². The van der Waals surface area contributed by atoms with Gasteiger partial charge in [-0.25, -0.2) is 4.39 Å². The molecular weight excluding hydrogens is 367 g/mol. The lowest BCUT2D eigenvalue weighted by Gasteiger charge is -2.16. The molecule has 120 valence electrons. The first-order valence-corrected chi connectivity index (χ1v) is 7.48. The molecule has 2 amide bonds. The van der Waals surface area contributed by atoms with Gasteiger partial charge in [0.05, 0.1) is 4.47 Å². The Hall–Kier alpha value is -2.41. The number of nitrogens with one attached hydrogen (secondary N) is 1. The van der Waals surface area contributed by atoms with E-state index in [2.05, 4.69) is 21.2 Å². The molecule has 1 unspecified atom stereocenters.